The van der Waals surface area contributed by atoms with Crippen molar-refractivity contribution in [2.24, 2.45) is 13.0 Å². The van der Waals surface area contributed by atoms with Gasteiger partial charge in [-0.15, -0.1) is 10.2 Å². The Morgan fingerprint density at radius 2 is 1.80 bits per heavy atom. The Balaban J connectivity index is 1.67. The van der Waals surface area contributed by atoms with Gasteiger partial charge in [0.1, 0.15) is 0 Å². The van der Waals surface area contributed by atoms with Crippen molar-refractivity contribution in [1.29, 1.82) is 0 Å². The number of anilines is 1. The molecule has 0 fully saturated rings. The maximum Gasteiger partial charge on any atom is 0.335 e. The number of aromatic nitrogens is 3. The van der Waals surface area contributed by atoms with E-state index in [0.29, 0.717) is 33.7 Å². The Morgan fingerprint density at radius 1 is 1.09 bits per heavy atom. The van der Waals surface area contributed by atoms with E-state index in [-0.39, 0.29) is 35.1 Å². The van der Waals surface area contributed by atoms with E-state index >= 15 is 0 Å². The largest absolute Gasteiger partial charge is 0.478 e. The van der Waals surface area contributed by atoms with Gasteiger partial charge >= 0.3 is 5.97 Å². The quantitative estimate of drug-likeness (QED) is 0.341. The van der Waals surface area contributed by atoms with Gasteiger partial charge in [-0.25, -0.2) is 4.79 Å². The van der Waals surface area contributed by atoms with Gasteiger partial charge in [0, 0.05) is 23.3 Å². The van der Waals surface area contributed by atoms with Gasteiger partial charge in [0.05, 0.1) is 17.4 Å². The van der Waals surface area contributed by atoms with Gasteiger partial charge < -0.3 is 20.3 Å². The Morgan fingerprint density at radius 3 is 2.46 bits per heavy atom. The molecule has 0 aliphatic carbocycles. The first-order valence-corrected chi connectivity index (χ1v) is 12.2. The summed E-state index contributed by atoms with van der Waals surface area (Å²) in [6.07, 6.45) is 0.649. The summed E-state index contributed by atoms with van der Waals surface area (Å²) in [4.78, 5) is 36.3. The number of nitrogens with one attached hydrogen (secondary N) is 2. The second kappa shape index (κ2) is 11.9. The average molecular weight is 516 g/mol. The van der Waals surface area contributed by atoms with Gasteiger partial charge in [-0.1, -0.05) is 43.3 Å². The Kier molecular flexibility index (Phi) is 8.89. The van der Waals surface area contributed by atoms with Crippen molar-refractivity contribution in [3.63, 3.8) is 0 Å². The maximum atomic E-state index is 12.8. The predicted molar refractivity (Wildman–Crippen MR) is 135 cm³/mol. The number of halogens is 1. The van der Waals surface area contributed by atoms with E-state index in [0.717, 1.165) is 0 Å². The molecule has 2 aromatic carbocycles. The standard InChI is InChI=1S/C24H26ClN5O4S/c1-14(2)11-19(27-22(32)15-7-9-17(25)10-8-15)21-28-29-24(30(21)3)35-13-20(31)26-18-6-4-5-16(12-18)23(33)34/h4-10,12,14,19H,11,13H2,1-3H3,(H,26,31)(H,27,32)(H,33,34)/t19-/m0/s1. The molecular weight excluding hydrogens is 490 g/mol. The summed E-state index contributed by atoms with van der Waals surface area (Å²) in [7, 11) is 1.79. The van der Waals surface area contributed by atoms with Crippen molar-refractivity contribution >= 4 is 46.8 Å². The molecule has 2 amide bonds. The van der Waals surface area contributed by atoms with Crippen molar-refractivity contribution in [3.05, 3.63) is 70.5 Å². The number of nitrogens with zero attached hydrogens (tertiary/aromatic N) is 3. The zero-order valence-electron chi connectivity index (χ0n) is 19.5. The van der Waals surface area contributed by atoms with E-state index in [2.05, 4.69) is 34.7 Å². The van der Waals surface area contributed by atoms with Crippen LogP contribution in [0.5, 0.6) is 0 Å². The molecule has 0 saturated heterocycles. The van der Waals surface area contributed by atoms with Crippen molar-refractivity contribution < 1.29 is 19.5 Å². The van der Waals surface area contributed by atoms with E-state index in [1.165, 1.54) is 23.9 Å². The fourth-order valence-corrected chi connectivity index (χ4v) is 4.20. The van der Waals surface area contributed by atoms with E-state index in [4.69, 9.17) is 16.7 Å². The molecule has 9 nitrogen and oxygen atoms in total. The third kappa shape index (κ3) is 7.30. The molecule has 1 heterocycles. The normalized spacial score (nSPS) is 11.8. The zero-order chi connectivity index (χ0) is 25.5. The van der Waals surface area contributed by atoms with Crippen LogP contribution in [0.15, 0.2) is 53.7 Å². The molecule has 0 aliphatic rings. The fraction of sp³-hybridized carbons (Fsp3) is 0.292. The van der Waals surface area contributed by atoms with E-state index < -0.39 is 5.97 Å². The number of carboxylic acid groups (broad SMARTS) is 1. The van der Waals surface area contributed by atoms with Crippen LogP contribution >= 0.6 is 23.4 Å². The van der Waals surface area contributed by atoms with E-state index in [1.54, 1.807) is 48.0 Å². The van der Waals surface area contributed by atoms with Gasteiger partial charge in [0.2, 0.25) is 5.91 Å². The summed E-state index contributed by atoms with van der Waals surface area (Å²) >= 11 is 7.11. The first-order valence-electron chi connectivity index (χ1n) is 10.9. The van der Waals surface area contributed by atoms with Crippen LogP contribution in [-0.4, -0.2) is 43.4 Å². The van der Waals surface area contributed by atoms with Gasteiger partial charge in [0.25, 0.3) is 5.91 Å². The molecule has 0 unspecified atom stereocenters. The lowest BCUT2D eigenvalue weighted by molar-refractivity contribution is -0.113. The van der Waals surface area contributed by atoms with E-state index in [9.17, 15) is 14.4 Å². The molecule has 35 heavy (non-hydrogen) atoms. The smallest absolute Gasteiger partial charge is 0.335 e. The number of hydrogen-bond acceptors (Lipinski definition) is 6. The second-order valence-electron chi connectivity index (χ2n) is 8.29. The lowest BCUT2D eigenvalue weighted by Gasteiger charge is -2.20. The molecule has 3 rings (SSSR count). The summed E-state index contributed by atoms with van der Waals surface area (Å²) in [5.74, 6) is -0.704. The minimum atomic E-state index is -1.07. The SMILES string of the molecule is CC(C)C[C@H](NC(=O)c1ccc(Cl)cc1)c1nnc(SCC(=O)Nc2cccc(C(=O)O)c2)n1C. The Bertz CT molecular complexity index is 1210. The second-order valence-corrected chi connectivity index (χ2v) is 9.66. The molecule has 0 bridgehead atoms. The topological polar surface area (TPSA) is 126 Å². The third-order valence-electron chi connectivity index (χ3n) is 5.02. The number of carbonyl (C=O) groups excluding carboxylic acids is 2. The van der Waals surface area contributed by atoms with Crippen LogP contribution < -0.4 is 10.6 Å². The minimum Gasteiger partial charge on any atom is -0.478 e. The van der Waals surface area contributed by atoms with Crippen LogP contribution in [0.1, 0.15) is 52.9 Å². The lowest BCUT2D eigenvalue weighted by Crippen LogP contribution is -2.31. The summed E-state index contributed by atoms with van der Waals surface area (Å²) in [6.45, 7) is 4.11. The van der Waals surface area contributed by atoms with Crippen LogP contribution in [-0.2, 0) is 11.8 Å². The number of benzene rings is 2. The molecule has 3 N–H and O–H groups in total. The maximum absolute atomic E-state index is 12.8. The minimum absolute atomic E-state index is 0.0508. The van der Waals surface area contributed by atoms with Crippen molar-refractivity contribution in [3.8, 4) is 0 Å². The monoisotopic (exact) mass is 515 g/mol. The van der Waals surface area contributed by atoms with Gasteiger partial charge in [-0.3, -0.25) is 9.59 Å². The number of carboxylic acids is 1. The Labute approximate surface area is 212 Å². The summed E-state index contributed by atoms with van der Waals surface area (Å²) < 4.78 is 1.76. The van der Waals surface area contributed by atoms with Crippen molar-refractivity contribution in [2.75, 3.05) is 11.1 Å². The number of amides is 2. The molecule has 184 valence electrons. The third-order valence-corrected chi connectivity index (χ3v) is 6.30. The highest BCUT2D eigenvalue weighted by Gasteiger charge is 2.23. The fourth-order valence-electron chi connectivity index (χ4n) is 3.36. The first kappa shape index (κ1) is 26.2. The van der Waals surface area contributed by atoms with Crippen molar-refractivity contribution in [2.45, 2.75) is 31.5 Å². The number of carbonyl (C=O) groups is 3. The van der Waals surface area contributed by atoms with Crippen LogP contribution in [0.25, 0.3) is 0 Å². The molecule has 11 heteroatoms. The summed E-state index contributed by atoms with van der Waals surface area (Å²) in [5, 5.41) is 24.4. The molecule has 1 aromatic heterocycles. The average Bonchev–Trinajstić information content (AvgIpc) is 3.17. The summed E-state index contributed by atoms with van der Waals surface area (Å²) in [5.41, 5.74) is 0.977. The molecule has 3 aromatic rings. The van der Waals surface area contributed by atoms with E-state index in [1.807, 2.05) is 0 Å². The molecule has 0 radical (unpaired) electrons. The number of thioether (sulfide) groups is 1. The molecule has 0 saturated carbocycles. The molecular formula is C24H26ClN5O4S. The number of aromatic carboxylic acids is 1. The first-order chi connectivity index (χ1) is 16.6. The van der Waals surface area contributed by atoms with Crippen LogP contribution in [0.4, 0.5) is 5.69 Å². The highest BCUT2D eigenvalue weighted by molar-refractivity contribution is 7.99. The predicted octanol–water partition coefficient (Wildman–Crippen LogP) is 4.41. The van der Waals surface area contributed by atoms with Crippen LogP contribution in [0, 0.1) is 5.92 Å². The van der Waals surface area contributed by atoms with Crippen LogP contribution in [0.2, 0.25) is 5.02 Å². The summed E-state index contributed by atoms with van der Waals surface area (Å²) in [6, 6.07) is 12.3. The number of hydrogen-bond donors (Lipinski definition) is 3. The van der Waals surface area contributed by atoms with Gasteiger partial charge in [-0.05, 0) is 54.8 Å². The highest BCUT2D eigenvalue weighted by atomic mass is 35.5. The Hall–Kier alpha value is -3.37. The highest BCUT2D eigenvalue weighted by Crippen LogP contribution is 2.24. The lowest BCUT2D eigenvalue weighted by atomic mass is 10.0. The number of rotatable bonds is 10. The van der Waals surface area contributed by atoms with Crippen molar-refractivity contribution in [1.82, 2.24) is 20.1 Å². The molecule has 0 spiro atoms. The van der Waals surface area contributed by atoms with Gasteiger partial charge in [0.15, 0.2) is 11.0 Å². The zero-order valence-corrected chi connectivity index (χ0v) is 21.1. The van der Waals surface area contributed by atoms with Gasteiger partial charge in [-0.2, -0.15) is 0 Å². The van der Waals surface area contributed by atoms with Crippen LogP contribution in [0.3, 0.4) is 0 Å². The molecule has 1 atom stereocenters. The molecule has 0 aliphatic heterocycles.